The number of nitrogens with zero attached hydrogens (tertiary/aromatic N) is 1. The number of amides is 1. The third kappa shape index (κ3) is 2.57. The highest BCUT2D eigenvalue weighted by atomic mass is 16.3. The number of benzene rings is 2. The molecule has 1 heterocycles. The SMILES string of the molecule is CC1Cc2ccccc2N(C(=O)c2cc(O)cc(O)c2)C1. The zero-order valence-corrected chi connectivity index (χ0v) is 11.8. The summed E-state index contributed by atoms with van der Waals surface area (Å²) in [5.41, 5.74) is 2.34. The second-order valence-electron chi connectivity index (χ2n) is 5.59. The van der Waals surface area contributed by atoms with Gasteiger partial charge in [0.2, 0.25) is 0 Å². The zero-order chi connectivity index (χ0) is 15.0. The highest BCUT2D eigenvalue weighted by Crippen LogP contribution is 2.31. The molecule has 0 fully saturated rings. The Kier molecular flexibility index (Phi) is 3.29. The molecule has 108 valence electrons. The van der Waals surface area contributed by atoms with Gasteiger partial charge in [-0.2, -0.15) is 0 Å². The number of hydrogen-bond donors (Lipinski definition) is 2. The van der Waals surface area contributed by atoms with Crippen molar-refractivity contribution in [2.24, 2.45) is 5.92 Å². The van der Waals surface area contributed by atoms with Crippen LogP contribution in [-0.2, 0) is 6.42 Å². The van der Waals surface area contributed by atoms with Crippen molar-refractivity contribution in [2.75, 3.05) is 11.4 Å². The van der Waals surface area contributed by atoms with Crippen LogP contribution in [0, 0.1) is 5.92 Å². The van der Waals surface area contributed by atoms with E-state index in [4.69, 9.17) is 0 Å². The second-order valence-corrected chi connectivity index (χ2v) is 5.59. The smallest absolute Gasteiger partial charge is 0.258 e. The molecule has 1 amide bonds. The number of hydrogen-bond acceptors (Lipinski definition) is 3. The summed E-state index contributed by atoms with van der Waals surface area (Å²) in [5, 5.41) is 19.1. The van der Waals surface area contributed by atoms with E-state index in [2.05, 4.69) is 6.92 Å². The van der Waals surface area contributed by atoms with Gasteiger partial charge in [-0.3, -0.25) is 4.79 Å². The van der Waals surface area contributed by atoms with Crippen LogP contribution in [0.25, 0.3) is 0 Å². The van der Waals surface area contributed by atoms with Crippen LogP contribution >= 0.6 is 0 Å². The molecule has 21 heavy (non-hydrogen) atoms. The number of fused-ring (bicyclic) bond motifs is 1. The fraction of sp³-hybridized carbons (Fsp3) is 0.235. The molecule has 1 aliphatic rings. The number of anilines is 1. The Balaban J connectivity index is 2.02. The van der Waals surface area contributed by atoms with Crippen molar-refractivity contribution in [2.45, 2.75) is 13.3 Å². The van der Waals surface area contributed by atoms with E-state index in [-0.39, 0.29) is 23.0 Å². The number of para-hydroxylation sites is 1. The lowest BCUT2D eigenvalue weighted by Crippen LogP contribution is -2.39. The van der Waals surface area contributed by atoms with Crippen LogP contribution in [0.15, 0.2) is 42.5 Å². The lowest BCUT2D eigenvalue weighted by atomic mass is 9.93. The van der Waals surface area contributed by atoms with Gasteiger partial charge in [-0.1, -0.05) is 25.1 Å². The van der Waals surface area contributed by atoms with Crippen molar-refractivity contribution in [3.8, 4) is 11.5 Å². The molecule has 2 N–H and O–H groups in total. The molecule has 3 rings (SSSR count). The Bertz CT molecular complexity index is 676. The molecular formula is C17H17NO3. The summed E-state index contributed by atoms with van der Waals surface area (Å²) >= 11 is 0. The van der Waals surface area contributed by atoms with Gasteiger partial charge in [-0.25, -0.2) is 0 Å². The Morgan fingerprint density at radius 2 is 1.81 bits per heavy atom. The molecule has 0 saturated heterocycles. The van der Waals surface area contributed by atoms with E-state index in [0.29, 0.717) is 12.5 Å². The molecule has 2 aromatic carbocycles. The van der Waals surface area contributed by atoms with E-state index in [1.165, 1.54) is 18.2 Å². The number of rotatable bonds is 1. The average molecular weight is 283 g/mol. The van der Waals surface area contributed by atoms with Crippen LogP contribution in [0.2, 0.25) is 0 Å². The van der Waals surface area contributed by atoms with Crippen molar-refractivity contribution in [3.63, 3.8) is 0 Å². The standard InChI is InChI=1S/C17H17NO3/c1-11-6-12-4-2-3-5-16(12)18(10-11)17(21)13-7-14(19)9-15(20)8-13/h2-5,7-9,11,19-20H,6,10H2,1H3. The van der Waals surface area contributed by atoms with E-state index in [1.807, 2.05) is 24.3 Å². The summed E-state index contributed by atoms with van der Waals surface area (Å²) in [6.07, 6.45) is 0.950. The molecule has 0 aromatic heterocycles. The van der Waals surface area contributed by atoms with Gasteiger partial charge in [-0.15, -0.1) is 0 Å². The number of aromatic hydroxyl groups is 2. The third-order valence-electron chi connectivity index (χ3n) is 3.74. The fourth-order valence-electron chi connectivity index (χ4n) is 2.86. The predicted molar refractivity (Wildman–Crippen MR) is 80.8 cm³/mol. The van der Waals surface area contributed by atoms with Gasteiger partial charge in [0.15, 0.2) is 0 Å². The third-order valence-corrected chi connectivity index (χ3v) is 3.74. The van der Waals surface area contributed by atoms with Crippen molar-refractivity contribution < 1.29 is 15.0 Å². The van der Waals surface area contributed by atoms with Crippen molar-refractivity contribution in [3.05, 3.63) is 53.6 Å². The van der Waals surface area contributed by atoms with Crippen LogP contribution in [-0.4, -0.2) is 22.7 Å². The predicted octanol–water partition coefficient (Wildman–Crippen LogP) is 2.94. The minimum atomic E-state index is -0.208. The fourth-order valence-corrected chi connectivity index (χ4v) is 2.86. The molecule has 0 spiro atoms. The Hall–Kier alpha value is -2.49. The first-order valence-electron chi connectivity index (χ1n) is 6.97. The Morgan fingerprint density at radius 1 is 1.14 bits per heavy atom. The molecule has 1 unspecified atom stereocenters. The molecule has 0 saturated carbocycles. The summed E-state index contributed by atoms with van der Waals surface area (Å²) < 4.78 is 0. The second kappa shape index (κ2) is 5.13. The van der Waals surface area contributed by atoms with Gasteiger partial charge in [-0.05, 0) is 36.1 Å². The van der Waals surface area contributed by atoms with Gasteiger partial charge in [0.1, 0.15) is 11.5 Å². The number of carbonyl (C=O) groups excluding carboxylic acids is 1. The number of phenols is 2. The summed E-state index contributed by atoms with van der Waals surface area (Å²) in [7, 11) is 0. The molecule has 1 aliphatic heterocycles. The average Bonchev–Trinajstić information content (AvgIpc) is 2.44. The van der Waals surface area contributed by atoms with Gasteiger partial charge in [0.25, 0.3) is 5.91 Å². The van der Waals surface area contributed by atoms with E-state index >= 15 is 0 Å². The molecule has 4 nitrogen and oxygen atoms in total. The van der Waals surface area contributed by atoms with Gasteiger partial charge in [0.05, 0.1) is 0 Å². The van der Waals surface area contributed by atoms with Crippen LogP contribution < -0.4 is 4.90 Å². The molecule has 0 aliphatic carbocycles. The molecular weight excluding hydrogens is 266 g/mol. The number of phenolic OH excluding ortho intramolecular Hbond substituents is 2. The highest BCUT2D eigenvalue weighted by Gasteiger charge is 2.27. The Morgan fingerprint density at radius 3 is 2.52 bits per heavy atom. The van der Waals surface area contributed by atoms with Crippen LogP contribution in [0.3, 0.4) is 0 Å². The zero-order valence-electron chi connectivity index (χ0n) is 11.8. The maximum absolute atomic E-state index is 12.7. The first-order valence-corrected chi connectivity index (χ1v) is 6.97. The van der Waals surface area contributed by atoms with Crippen molar-refractivity contribution >= 4 is 11.6 Å². The molecule has 1 atom stereocenters. The first kappa shape index (κ1) is 13.5. The van der Waals surface area contributed by atoms with Gasteiger partial charge >= 0.3 is 0 Å². The van der Waals surface area contributed by atoms with Gasteiger partial charge in [0, 0.05) is 23.9 Å². The van der Waals surface area contributed by atoms with Gasteiger partial charge < -0.3 is 15.1 Å². The Labute approximate surface area is 123 Å². The maximum Gasteiger partial charge on any atom is 0.258 e. The largest absolute Gasteiger partial charge is 0.508 e. The minimum Gasteiger partial charge on any atom is -0.508 e. The molecule has 2 aromatic rings. The van der Waals surface area contributed by atoms with E-state index < -0.39 is 0 Å². The summed E-state index contributed by atoms with van der Waals surface area (Å²) in [6.45, 7) is 2.74. The van der Waals surface area contributed by atoms with Crippen LogP contribution in [0.1, 0.15) is 22.8 Å². The quantitative estimate of drug-likeness (QED) is 0.846. The normalized spacial score (nSPS) is 17.4. The molecule has 0 bridgehead atoms. The monoisotopic (exact) mass is 283 g/mol. The lowest BCUT2D eigenvalue weighted by Gasteiger charge is -2.33. The van der Waals surface area contributed by atoms with Crippen LogP contribution in [0.5, 0.6) is 11.5 Å². The summed E-state index contributed by atoms with van der Waals surface area (Å²) in [4.78, 5) is 14.4. The van der Waals surface area contributed by atoms with E-state index in [9.17, 15) is 15.0 Å². The minimum absolute atomic E-state index is 0.114. The van der Waals surface area contributed by atoms with Crippen LogP contribution in [0.4, 0.5) is 5.69 Å². The van der Waals surface area contributed by atoms with E-state index in [1.54, 1.807) is 4.90 Å². The lowest BCUT2D eigenvalue weighted by molar-refractivity contribution is 0.0980. The molecule has 4 heteroatoms. The number of carbonyl (C=O) groups is 1. The van der Waals surface area contributed by atoms with E-state index in [0.717, 1.165) is 17.7 Å². The topological polar surface area (TPSA) is 60.8 Å². The molecule has 0 radical (unpaired) electrons. The van der Waals surface area contributed by atoms with Crippen molar-refractivity contribution in [1.82, 2.24) is 0 Å². The summed E-state index contributed by atoms with van der Waals surface area (Å²) in [6, 6.07) is 11.8. The van der Waals surface area contributed by atoms with Crippen molar-refractivity contribution in [1.29, 1.82) is 0 Å². The summed E-state index contributed by atoms with van der Waals surface area (Å²) in [5.74, 6) is -0.0663. The highest BCUT2D eigenvalue weighted by molar-refractivity contribution is 6.07. The first-order chi connectivity index (χ1) is 10.0. The maximum atomic E-state index is 12.7.